The van der Waals surface area contributed by atoms with Crippen LogP contribution in [0.5, 0.6) is 0 Å². The predicted octanol–water partition coefficient (Wildman–Crippen LogP) is 3.47. The number of halogens is 1. The van der Waals surface area contributed by atoms with Crippen molar-refractivity contribution in [3.63, 3.8) is 0 Å². The van der Waals surface area contributed by atoms with Crippen LogP contribution >= 0.6 is 22.6 Å². The zero-order valence-corrected chi connectivity index (χ0v) is 14.2. The van der Waals surface area contributed by atoms with Gasteiger partial charge in [0.1, 0.15) is 5.82 Å². The summed E-state index contributed by atoms with van der Waals surface area (Å²) in [5.74, 6) is 0.647. The molecule has 0 spiro atoms. The molecule has 5 heteroatoms. The molecule has 2 aromatic rings. The lowest BCUT2D eigenvalue weighted by atomic mass is 10.1. The van der Waals surface area contributed by atoms with Gasteiger partial charge in [-0.3, -0.25) is 4.79 Å². The number of aromatic nitrogens is 2. The van der Waals surface area contributed by atoms with Crippen LogP contribution < -0.4 is 10.9 Å². The Balaban J connectivity index is 2.33. The van der Waals surface area contributed by atoms with E-state index < -0.39 is 0 Å². The van der Waals surface area contributed by atoms with Crippen molar-refractivity contribution in [1.82, 2.24) is 9.97 Å². The molecular weight excluding hydrogens is 365 g/mol. The van der Waals surface area contributed by atoms with Crippen molar-refractivity contribution in [2.45, 2.75) is 33.7 Å². The number of hydrogen-bond donors (Lipinski definition) is 2. The van der Waals surface area contributed by atoms with E-state index in [0.717, 1.165) is 16.9 Å². The normalized spacial score (nSPS) is 12.2. The highest BCUT2D eigenvalue weighted by molar-refractivity contribution is 14.1. The van der Waals surface area contributed by atoms with E-state index in [1.54, 1.807) is 6.92 Å². The fourth-order valence-electron chi connectivity index (χ4n) is 2.34. The number of rotatable bonds is 3. The first-order valence-electron chi connectivity index (χ1n) is 6.48. The molecule has 20 heavy (non-hydrogen) atoms. The van der Waals surface area contributed by atoms with Crippen LogP contribution in [0.4, 0.5) is 5.69 Å². The van der Waals surface area contributed by atoms with Gasteiger partial charge in [0, 0.05) is 9.26 Å². The van der Waals surface area contributed by atoms with E-state index in [1.165, 1.54) is 3.57 Å². The van der Waals surface area contributed by atoms with E-state index in [9.17, 15) is 4.79 Å². The van der Waals surface area contributed by atoms with Crippen LogP contribution in [0.1, 0.15) is 35.6 Å². The average molecular weight is 383 g/mol. The Kier molecular flexibility index (Phi) is 4.47. The van der Waals surface area contributed by atoms with Gasteiger partial charge in [0.2, 0.25) is 0 Å². The summed E-state index contributed by atoms with van der Waals surface area (Å²) in [4.78, 5) is 19.2. The van der Waals surface area contributed by atoms with E-state index in [4.69, 9.17) is 0 Å². The highest BCUT2D eigenvalue weighted by atomic mass is 127. The number of aromatic amines is 1. The van der Waals surface area contributed by atoms with Gasteiger partial charge in [-0.2, -0.15) is 0 Å². The highest BCUT2D eigenvalue weighted by Gasteiger charge is 2.15. The topological polar surface area (TPSA) is 57.8 Å². The van der Waals surface area contributed by atoms with E-state index in [2.05, 4.69) is 50.9 Å². The van der Waals surface area contributed by atoms with Crippen molar-refractivity contribution in [3.05, 3.63) is 54.8 Å². The summed E-state index contributed by atoms with van der Waals surface area (Å²) < 4.78 is 1.20. The Morgan fingerprint density at radius 3 is 2.60 bits per heavy atom. The maximum Gasteiger partial charge on any atom is 0.256 e. The molecule has 0 bridgehead atoms. The molecule has 1 aromatic heterocycles. The highest BCUT2D eigenvalue weighted by Crippen LogP contribution is 2.23. The first-order chi connectivity index (χ1) is 9.38. The van der Waals surface area contributed by atoms with Crippen molar-refractivity contribution >= 4 is 28.3 Å². The molecule has 2 N–H and O–H groups in total. The number of benzene rings is 1. The number of H-pyrrole nitrogens is 1. The molecule has 2 rings (SSSR count). The first kappa shape index (κ1) is 15.0. The Labute approximate surface area is 132 Å². The molecule has 0 fully saturated rings. The van der Waals surface area contributed by atoms with Gasteiger partial charge in [-0.25, -0.2) is 4.98 Å². The van der Waals surface area contributed by atoms with E-state index in [-0.39, 0.29) is 11.6 Å². The third-order valence-electron chi connectivity index (χ3n) is 3.26. The molecule has 0 aliphatic carbocycles. The zero-order chi connectivity index (χ0) is 14.9. The van der Waals surface area contributed by atoms with Crippen LogP contribution in [0, 0.1) is 24.3 Å². The minimum absolute atomic E-state index is 0.0711. The summed E-state index contributed by atoms with van der Waals surface area (Å²) in [5.41, 5.74) is 3.59. The van der Waals surface area contributed by atoms with Crippen LogP contribution in [0.25, 0.3) is 0 Å². The minimum atomic E-state index is -0.0920. The second-order valence-electron chi connectivity index (χ2n) is 4.98. The number of hydrogen-bond acceptors (Lipinski definition) is 3. The summed E-state index contributed by atoms with van der Waals surface area (Å²) in [7, 11) is 0. The lowest BCUT2D eigenvalue weighted by Crippen LogP contribution is -2.23. The number of aryl methyl sites for hydroxylation is 3. The van der Waals surface area contributed by atoms with E-state index >= 15 is 0 Å². The van der Waals surface area contributed by atoms with Gasteiger partial charge in [0.05, 0.1) is 17.3 Å². The molecule has 0 saturated heterocycles. The number of anilines is 1. The van der Waals surface area contributed by atoms with Crippen LogP contribution in [-0.2, 0) is 0 Å². The Morgan fingerprint density at radius 2 is 2.00 bits per heavy atom. The summed E-state index contributed by atoms with van der Waals surface area (Å²) in [6.07, 6.45) is 0. The molecule has 1 aromatic carbocycles. The molecule has 0 aliphatic heterocycles. The zero-order valence-electron chi connectivity index (χ0n) is 12.0. The van der Waals surface area contributed by atoms with Crippen LogP contribution in [0.2, 0.25) is 0 Å². The minimum Gasteiger partial charge on any atom is -0.378 e. The summed E-state index contributed by atoms with van der Waals surface area (Å²) in [6.45, 7) is 7.70. The van der Waals surface area contributed by atoms with Crippen molar-refractivity contribution in [1.29, 1.82) is 0 Å². The lowest BCUT2D eigenvalue weighted by molar-refractivity contribution is 0.813. The smallest absolute Gasteiger partial charge is 0.256 e. The van der Waals surface area contributed by atoms with Gasteiger partial charge in [-0.15, -0.1) is 0 Å². The van der Waals surface area contributed by atoms with Crippen molar-refractivity contribution in [2.75, 3.05) is 5.32 Å². The Hall–Kier alpha value is -1.37. The quantitative estimate of drug-likeness (QED) is 0.799. The van der Waals surface area contributed by atoms with Gasteiger partial charge in [0.25, 0.3) is 5.56 Å². The third kappa shape index (κ3) is 3.20. The number of nitrogens with zero attached hydrogens (tertiary/aromatic N) is 1. The van der Waals surface area contributed by atoms with Gasteiger partial charge in [0.15, 0.2) is 0 Å². The van der Waals surface area contributed by atoms with E-state index in [0.29, 0.717) is 11.4 Å². The van der Waals surface area contributed by atoms with Crippen molar-refractivity contribution in [3.8, 4) is 0 Å². The predicted molar refractivity (Wildman–Crippen MR) is 90.3 cm³/mol. The molecule has 0 saturated carbocycles. The summed E-state index contributed by atoms with van der Waals surface area (Å²) in [5, 5.41) is 3.39. The Bertz CT molecular complexity index is 694. The molecule has 1 atom stereocenters. The van der Waals surface area contributed by atoms with E-state index in [1.807, 2.05) is 26.0 Å². The second kappa shape index (κ2) is 5.95. The van der Waals surface area contributed by atoms with Gasteiger partial charge < -0.3 is 10.3 Å². The SMILES string of the molecule is Cc1nc(C)c(C(C)Nc2ccc(I)cc2C)c(=O)[nH]1. The lowest BCUT2D eigenvalue weighted by Gasteiger charge is -2.18. The van der Waals surface area contributed by atoms with Crippen LogP contribution in [0.3, 0.4) is 0 Å². The second-order valence-corrected chi connectivity index (χ2v) is 6.22. The molecule has 0 amide bonds. The number of nitrogens with one attached hydrogen (secondary N) is 2. The van der Waals surface area contributed by atoms with Crippen LogP contribution in [0.15, 0.2) is 23.0 Å². The summed E-state index contributed by atoms with van der Waals surface area (Å²) in [6, 6.07) is 6.11. The summed E-state index contributed by atoms with van der Waals surface area (Å²) >= 11 is 2.29. The molecule has 1 unspecified atom stereocenters. The molecule has 106 valence electrons. The third-order valence-corrected chi connectivity index (χ3v) is 3.93. The van der Waals surface area contributed by atoms with Crippen molar-refractivity contribution in [2.24, 2.45) is 0 Å². The monoisotopic (exact) mass is 383 g/mol. The van der Waals surface area contributed by atoms with Crippen LogP contribution in [-0.4, -0.2) is 9.97 Å². The molecule has 0 radical (unpaired) electrons. The fraction of sp³-hybridized carbons (Fsp3) is 0.333. The van der Waals surface area contributed by atoms with Gasteiger partial charge in [-0.05, 0) is 74.0 Å². The molecule has 4 nitrogen and oxygen atoms in total. The standard InChI is InChI=1S/C15H18IN3O/c1-8-7-12(16)5-6-13(8)18-10(3)14-9(2)17-11(4)19-15(14)20/h5-7,10,18H,1-4H3,(H,17,19,20). The maximum atomic E-state index is 12.1. The average Bonchev–Trinajstić information content (AvgIpc) is 2.31. The fourth-order valence-corrected chi connectivity index (χ4v) is 2.99. The van der Waals surface area contributed by atoms with Crippen molar-refractivity contribution < 1.29 is 0 Å². The largest absolute Gasteiger partial charge is 0.378 e. The first-order valence-corrected chi connectivity index (χ1v) is 7.56. The Morgan fingerprint density at radius 1 is 1.30 bits per heavy atom. The van der Waals surface area contributed by atoms with Gasteiger partial charge in [-0.1, -0.05) is 0 Å². The molecular formula is C15H18IN3O. The molecule has 0 aliphatic rings. The maximum absolute atomic E-state index is 12.1. The van der Waals surface area contributed by atoms with Gasteiger partial charge >= 0.3 is 0 Å². The molecule has 1 heterocycles.